The maximum atomic E-state index is 13.7. The predicted octanol–water partition coefficient (Wildman–Crippen LogP) is 3.91. The van der Waals surface area contributed by atoms with Crippen LogP contribution in [0.5, 0.6) is 5.75 Å². The lowest BCUT2D eigenvalue weighted by molar-refractivity contribution is 0.296. The first kappa shape index (κ1) is 13.4. The summed E-state index contributed by atoms with van der Waals surface area (Å²) in [5, 5.41) is 0. The highest BCUT2D eigenvalue weighted by Crippen LogP contribution is 2.26. The van der Waals surface area contributed by atoms with E-state index in [0.29, 0.717) is 11.3 Å². The maximum Gasteiger partial charge on any atom is 0.131 e. The van der Waals surface area contributed by atoms with Gasteiger partial charge in [0.05, 0.1) is 0 Å². The Balaban J connectivity index is 2.19. The maximum absolute atomic E-state index is 13.7. The third-order valence-corrected chi connectivity index (χ3v) is 3.05. The van der Waals surface area contributed by atoms with Crippen LogP contribution in [0.4, 0.5) is 10.1 Å². The van der Waals surface area contributed by atoms with Gasteiger partial charge in [-0.3, -0.25) is 0 Å². The Morgan fingerprint density at radius 1 is 1.05 bits per heavy atom. The van der Waals surface area contributed by atoms with E-state index in [1.807, 2.05) is 20.8 Å². The quantitative estimate of drug-likeness (QED) is 0.848. The zero-order valence-electron chi connectivity index (χ0n) is 11.5. The molecule has 3 heteroatoms. The van der Waals surface area contributed by atoms with E-state index < -0.39 is 0 Å². The SMILES string of the molecule is Cc1cc(C)c(OCc2ccc(N)cc2F)c(C)c1. The van der Waals surface area contributed by atoms with Crippen LogP contribution in [0.1, 0.15) is 22.3 Å². The smallest absolute Gasteiger partial charge is 0.131 e. The van der Waals surface area contributed by atoms with E-state index in [0.717, 1.165) is 16.9 Å². The first-order valence-electron chi connectivity index (χ1n) is 6.22. The molecule has 0 saturated heterocycles. The van der Waals surface area contributed by atoms with Crippen LogP contribution < -0.4 is 10.5 Å². The second-order valence-electron chi connectivity index (χ2n) is 4.87. The fraction of sp³-hybridized carbons (Fsp3) is 0.250. The van der Waals surface area contributed by atoms with Crippen molar-refractivity contribution in [3.63, 3.8) is 0 Å². The monoisotopic (exact) mass is 259 g/mol. The Labute approximate surface area is 113 Å². The summed E-state index contributed by atoms with van der Waals surface area (Å²) in [6, 6.07) is 8.76. The van der Waals surface area contributed by atoms with Gasteiger partial charge in [-0.25, -0.2) is 4.39 Å². The van der Waals surface area contributed by atoms with Gasteiger partial charge in [0.25, 0.3) is 0 Å². The van der Waals surface area contributed by atoms with Crippen molar-refractivity contribution in [3.05, 3.63) is 58.4 Å². The van der Waals surface area contributed by atoms with Crippen LogP contribution in [0.25, 0.3) is 0 Å². The zero-order valence-corrected chi connectivity index (χ0v) is 11.5. The third kappa shape index (κ3) is 3.05. The van der Waals surface area contributed by atoms with Crippen molar-refractivity contribution in [2.24, 2.45) is 0 Å². The van der Waals surface area contributed by atoms with Crippen LogP contribution in [-0.2, 0) is 6.61 Å². The average Bonchev–Trinajstić information content (AvgIpc) is 2.30. The molecule has 0 aromatic heterocycles. The van der Waals surface area contributed by atoms with E-state index in [9.17, 15) is 4.39 Å². The topological polar surface area (TPSA) is 35.2 Å². The van der Waals surface area contributed by atoms with E-state index in [2.05, 4.69) is 12.1 Å². The molecule has 0 aliphatic carbocycles. The molecule has 19 heavy (non-hydrogen) atoms. The van der Waals surface area contributed by atoms with Gasteiger partial charge in [0.1, 0.15) is 18.2 Å². The minimum atomic E-state index is -0.331. The van der Waals surface area contributed by atoms with E-state index >= 15 is 0 Å². The summed E-state index contributed by atoms with van der Waals surface area (Å²) in [4.78, 5) is 0. The average molecular weight is 259 g/mol. The lowest BCUT2D eigenvalue weighted by atomic mass is 10.1. The Bertz CT molecular complexity index is 585. The van der Waals surface area contributed by atoms with E-state index in [-0.39, 0.29) is 12.4 Å². The summed E-state index contributed by atoms with van der Waals surface area (Å²) in [5.74, 6) is 0.490. The minimum absolute atomic E-state index is 0.205. The van der Waals surface area contributed by atoms with Gasteiger partial charge in [0.15, 0.2) is 0 Å². The van der Waals surface area contributed by atoms with Gasteiger partial charge in [-0.05, 0) is 44.0 Å². The van der Waals surface area contributed by atoms with Crippen molar-refractivity contribution in [2.75, 3.05) is 5.73 Å². The zero-order chi connectivity index (χ0) is 14.0. The highest BCUT2D eigenvalue weighted by atomic mass is 19.1. The van der Waals surface area contributed by atoms with Gasteiger partial charge in [0.2, 0.25) is 0 Å². The number of nitrogens with two attached hydrogens (primary N) is 1. The highest BCUT2D eigenvalue weighted by molar-refractivity contribution is 5.44. The van der Waals surface area contributed by atoms with E-state index in [1.165, 1.54) is 11.6 Å². The lowest BCUT2D eigenvalue weighted by Crippen LogP contribution is -2.02. The molecule has 100 valence electrons. The molecule has 0 aliphatic heterocycles. The normalized spacial score (nSPS) is 10.5. The van der Waals surface area contributed by atoms with Crippen molar-refractivity contribution >= 4 is 5.69 Å². The molecule has 0 fully saturated rings. The van der Waals surface area contributed by atoms with Crippen LogP contribution in [0, 0.1) is 26.6 Å². The number of halogens is 1. The molecule has 2 nitrogen and oxygen atoms in total. The van der Waals surface area contributed by atoms with E-state index in [1.54, 1.807) is 12.1 Å². The number of ether oxygens (including phenoxy) is 1. The summed E-state index contributed by atoms with van der Waals surface area (Å²) in [7, 11) is 0. The second kappa shape index (κ2) is 5.31. The number of benzene rings is 2. The fourth-order valence-electron chi connectivity index (χ4n) is 2.22. The molecule has 2 rings (SSSR count). The second-order valence-corrected chi connectivity index (χ2v) is 4.87. The summed E-state index contributed by atoms with van der Waals surface area (Å²) < 4.78 is 19.4. The van der Waals surface area contributed by atoms with Crippen molar-refractivity contribution in [2.45, 2.75) is 27.4 Å². The van der Waals surface area contributed by atoms with Crippen LogP contribution >= 0.6 is 0 Å². The number of rotatable bonds is 3. The van der Waals surface area contributed by atoms with Crippen molar-refractivity contribution in [1.82, 2.24) is 0 Å². The molecule has 0 unspecified atom stereocenters. The summed E-state index contributed by atoms with van der Waals surface area (Å²) in [6.45, 7) is 6.24. The minimum Gasteiger partial charge on any atom is -0.488 e. The van der Waals surface area contributed by atoms with Crippen molar-refractivity contribution in [3.8, 4) is 5.75 Å². The van der Waals surface area contributed by atoms with Crippen LogP contribution in [0.2, 0.25) is 0 Å². The van der Waals surface area contributed by atoms with Crippen LogP contribution in [0.15, 0.2) is 30.3 Å². The van der Waals surface area contributed by atoms with Gasteiger partial charge < -0.3 is 10.5 Å². The van der Waals surface area contributed by atoms with Crippen LogP contribution in [0.3, 0.4) is 0 Å². The van der Waals surface area contributed by atoms with Gasteiger partial charge >= 0.3 is 0 Å². The van der Waals surface area contributed by atoms with Crippen molar-refractivity contribution in [1.29, 1.82) is 0 Å². The van der Waals surface area contributed by atoms with E-state index in [4.69, 9.17) is 10.5 Å². The Hall–Kier alpha value is -2.03. The Kier molecular flexibility index (Phi) is 3.74. The summed E-state index contributed by atoms with van der Waals surface area (Å²) >= 11 is 0. The predicted molar refractivity (Wildman–Crippen MR) is 75.8 cm³/mol. The number of anilines is 1. The fourth-order valence-corrected chi connectivity index (χ4v) is 2.22. The first-order chi connectivity index (χ1) is 8.97. The standard InChI is InChI=1S/C16H18FNO/c1-10-6-11(2)16(12(3)7-10)19-9-13-4-5-14(18)8-15(13)17/h4-8H,9,18H2,1-3H3. The molecule has 0 aliphatic rings. The largest absolute Gasteiger partial charge is 0.488 e. The Morgan fingerprint density at radius 3 is 2.26 bits per heavy atom. The van der Waals surface area contributed by atoms with Gasteiger partial charge in [0, 0.05) is 11.3 Å². The molecule has 0 amide bonds. The molecule has 2 aromatic rings. The molecule has 0 heterocycles. The van der Waals surface area contributed by atoms with Gasteiger partial charge in [-0.1, -0.05) is 23.8 Å². The number of nitrogen functional groups attached to an aromatic ring is 1. The van der Waals surface area contributed by atoms with Crippen molar-refractivity contribution < 1.29 is 9.13 Å². The first-order valence-corrected chi connectivity index (χ1v) is 6.22. The third-order valence-electron chi connectivity index (χ3n) is 3.05. The molecule has 0 radical (unpaired) electrons. The molecule has 2 N–H and O–H groups in total. The summed E-state index contributed by atoms with van der Waals surface area (Å²) in [5.41, 5.74) is 9.77. The number of aryl methyl sites for hydroxylation is 3. The number of hydrogen-bond acceptors (Lipinski definition) is 2. The van der Waals surface area contributed by atoms with Crippen LogP contribution in [-0.4, -0.2) is 0 Å². The molecule has 0 spiro atoms. The molecular formula is C16H18FNO. The van der Waals surface area contributed by atoms with Gasteiger partial charge in [-0.15, -0.1) is 0 Å². The van der Waals surface area contributed by atoms with Gasteiger partial charge in [-0.2, -0.15) is 0 Å². The number of hydrogen-bond donors (Lipinski definition) is 1. The Morgan fingerprint density at radius 2 is 1.68 bits per heavy atom. The summed E-state index contributed by atoms with van der Waals surface area (Å²) in [6.07, 6.45) is 0. The molecule has 0 atom stereocenters. The highest BCUT2D eigenvalue weighted by Gasteiger charge is 2.08. The molecular weight excluding hydrogens is 241 g/mol. The molecule has 0 saturated carbocycles. The lowest BCUT2D eigenvalue weighted by Gasteiger charge is -2.13. The molecule has 2 aromatic carbocycles. The molecule has 0 bridgehead atoms.